The number of primary sulfonamides is 1. The minimum absolute atomic E-state index is 0.0749. The first-order chi connectivity index (χ1) is 5.82. The highest BCUT2D eigenvalue weighted by molar-refractivity contribution is 7.89. The van der Waals surface area contributed by atoms with E-state index in [2.05, 4.69) is 0 Å². The van der Waals surface area contributed by atoms with Gasteiger partial charge >= 0.3 is 0 Å². The van der Waals surface area contributed by atoms with E-state index in [1.54, 1.807) is 0 Å². The van der Waals surface area contributed by atoms with Gasteiger partial charge in [-0.2, -0.15) is 0 Å². The number of hydrogen-bond acceptors (Lipinski definition) is 4. The van der Waals surface area contributed by atoms with Crippen molar-refractivity contribution in [3.63, 3.8) is 0 Å². The second-order valence-electron chi connectivity index (χ2n) is 2.40. The van der Waals surface area contributed by atoms with E-state index in [9.17, 15) is 8.42 Å². The van der Waals surface area contributed by atoms with Gasteiger partial charge in [0.1, 0.15) is 15.7 Å². The second-order valence-corrected chi connectivity index (χ2v) is 4.30. The first-order valence-corrected chi connectivity index (χ1v) is 5.05. The summed E-state index contributed by atoms with van der Waals surface area (Å²) in [6.45, 7) is 0. The molecule has 0 atom stereocenters. The van der Waals surface area contributed by atoms with Gasteiger partial charge < -0.3 is 10.8 Å². The molecule has 5 nitrogen and oxygen atoms in total. The van der Waals surface area contributed by atoms with Gasteiger partial charge in [-0.3, -0.25) is 0 Å². The number of nitrogen functional groups attached to an aromatic ring is 1. The molecule has 1 aromatic rings. The third kappa shape index (κ3) is 2.03. The Labute approximate surface area is 80.0 Å². The van der Waals surface area contributed by atoms with Gasteiger partial charge in [-0.1, -0.05) is 11.6 Å². The summed E-state index contributed by atoms with van der Waals surface area (Å²) in [6.07, 6.45) is 0. The highest BCUT2D eigenvalue weighted by atomic mass is 35.5. The zero-order chi connectivity index (χ0) is 10.2. The maximum absolute atomic E-state index is 10.9. The number of phenolic OH excluding ortho intramolecular Hbond substituents is 1. The van der Waals surface area contributed by atoms with Crippen LogP contribution in [0.25, 0.3) is 0 Å². The van der Waals surface area contributed by atoms with Gasteiger partial charge in [-0.25, -0.2) is 13.6 Å². The summed E-state index contributed by atoms with van der Waals surface area (Å²) in [7, 11) is -3.95. The molecule has 0 unspecified atom stereocenters. The average Bonchev–Trinajstić information content (AvgIpc) is 1.94. The summed E-state index contributed by atoms with van der Waals surface area (Å²) in [5.74, 6) is -0.411. The van der Waals surface area contributed by atoms with Crippen LogP contribution in [0.5, 0.6) is 5.75 Å². The molecule has 0 aliphatic heterocycles. The molecule has 0 saturated heterocycles. The molecule has 0 fully saturated rings. The van der Waals surface area contributed by atoms with E-state index >= 15 is 0 Å². The molecule has 0 radical (unpaired) electrons. The Kier molecular flexibility index (Phi) is 2.38. The number of hydrogen-bond donors (Lipinski definition) is 3. The Bertz CT molecular complexity index is 443. The summed E-state index contributed by atoms with van der Waals surface area (Å²) >= 11 is 5.49. The minimum atomic E-state index is -3.95. The molecule has 7 heteroatoms. The topological polar surface area (TPSA) is 106 Å². The van der Waals surface area contributed by atoms with Crippen molar-refractivity contribution >= 4 is 27.3 Å². The molecule has 0 spiro atoms. The number of phenols is 1. The van der Waals surface area contributed by atoms with Crippen LogP contribution in [0.2, 0.25) is 5.02 Å². The lowest BCUT2D eigenvalue weighted by molar-refractivity contribution is 0.474. The smallest absolute Gasteiger partial charge is 0.239 e. The van der Waals surface area contributed by atoms with Crippen molar-refractivity contribution in [1.29, 1.82) is 0 Å². The van der Waals surface area contributed by atoms with Crippen LogP contribution in [-0.4, -0.2) is 13.5 Å². The lowest BCUT2D eigenvalue weighted by Gasteiger charge is -2.04. The van der Waals surface area contributed by atoms with Crippen LogP contribution < -0.4 is 10.9 Å². The van der Waals surface area contributed by atoms with Crippen LogP contribution >= 0.6 is 11.6 Å². The van der Waals surface area contributed by atoms with Gasteiger partial charge in [0.2, 0.25) is 10.0 Å². The molecule has 5 N–H and O–H groups in total. The number of anilines is 1. The number of rotatable bonds is 1. The number of aromatic hydroxyl groups is 1. The van der Waals surface area contributed by atoms with Crippen LogP contribution in [0, 0.1) is 0 Å². The molecule has 0 aliphatic rings. The first kappa shape index (κ1) is 10.1. The molecule has 1 rings (SSSR count). The molecule has 72 valence electrons. The molecule has 0 aliphatic carbocycles. The van der Waals surface area contributed by atoms with Crippen molar-refractivity contribution in [3.05, 3.63) is 17.2 Å². The normalized spacial score (nSPS) is 11.5. The Hall–Kier alpha value is -0.980. The Morgan fingerprint density at radius 3 is 2.38 bits per heavy atom. The van der Waals surface area contributed by atoms with E-state index in [4.69, 9.17) is 27.6 Å². The van der Waals surface area contributed by atoms with Gasteiger partial charge in [-0.05, 0) is 6.07 Å². The van der Waals surface area contributed by atoms with Crippen molar-refractivity contribution in [1.82, 2.24) is 0 Å². The monoisotopic (exact) mass is 222 g/mol. The largest absolute Gasteiger partial charge is 0.506 e. The average molecular weight is 223 g/mol. The lowest BCUT2D eigenvalue weighted by atomic mass is 10.3. The predicted octanol–water partition coefficient (Wildman–Crippen LogP) is 0.275. The van der Waals surface area contributed by atoms with Crippen LogP contribution in [0.15, 0.2) is 17.0 Å². The van der Waals surface area contributed by atoms with Crippen molar-refractivity contribution in [2.75, 3.05) is 5.73 Å². The van der Waals surface area contributed by atoms with Crippen LogP contribution in [0.4, 0.5) is 5.69 Å². The second kappa shape index (κ2) is 3.06. The molecule has 0 aromatic heterocycles. The summed E-state index contributed by atoms with van der Waals surface area (Å²) in [4.78, 5) is -0.383. The van der Waals surface area contributed by atoms with Crippen molar-refractivity contribution in [2.45, 2.75) is 4.90 Å². The quantitative estimate of drug-likeness (QED) is 0.593. The van der Waals surface area contributed by atoms with E-state index in [0.29, 0.717) is 0 Å². The lowest BCUT2D eigenvalue weighted by Crippen LogP contribution is -2.13. The third-order valence-corrected chi connectivity index (χ3v) is 2.79. The number of benzene rings is 1. The first-order valence-electron chi connectivity index (χ1n) is 3.13. The molecule has 0 saturated carbocycles. The molecule has 0 heterocycles. The fourth-order valence-electron chi connectivity index (χ4n) is 0.811. The third-order valence-electron chi connectivity index (χ3n) is 1.35. The summed E-state index contributed by atoms with van der Waals surface area (Å²) < 4.78 is 21.8. The summed E-state index contributed by atoms with van der Waals surface area (Å²) in [5.41, 5.74) is 5.36. The fraction of sp³-hybridized carbons (Fsp3) is 0. The summed E-state index contributed by atoms with van der Waals surface area (Å²) in [5, 5.41) is 13.6. The van der Waals surface area contributed by atoms with Crippen molar-refractivity contribution < 1.29 is 13.5 Å². The Balaban J connectivity index is 3.56. The zero-order valence-corrected chi connectivity index (χ0v) is 7.93. The Morgan fingerprint density at radius 2 is 1.92 bits per heavy atom. The number of halogens is 1. The Morgan fingerprint density at radius 1 is 1.38 bits per heavy atom. The van der Waals surface area contributed by atoms with Crippen LogP contribution in [0.3, 0.4) is 0 Å². The van der Waals surface area contributed by atoms with Crippen LogP contribution in [0.1, 0.15) is 0 Å². The van der Waals surface area contributed by atoms with E-state index in [-0.39, 0.29) is 15.6 Å². The molecule has 0 amide bonds. The maximum Gasteiger partial charge on any atom is 0.239 e. The van der Waals surface area contributed by atoms with E-state index < -0.39 is 15.8 Å². The van der Waals surface area contributed by atoms with Crippen molar-refractivity contribution in [2.24, 2.45) is 5.14 Å². The highest BCUT2D eigenvalue weighted by Gasteiger charge is 2.16. The molecule has 0 bridgehead atoms. The van der Waals surface area contributed by atoms with Crippen LogP contribution in [-0.2, 0) is 10.0 Å². The standard InChI is InChI=1S/C6H7ClN2O3S/c7-6-4(10)1-3(8)2-5(6)13(9,11)12/h1-2,10H,8H2,(H2,9,11,12). The van der Waals surface area contributed by atoms with E-state index in [1.165, 1.54) is 0 Å². The highest BCUT2D eigenvalue weighted by Crippen LogP contribution is 2.31. The number of sulfonamides is 1. The van der Waals surface area contributed by atoms with Gasteiger partial charge in [0, 0.05) is 11.8 Å². The van der Waals surface area contributed by atoms with Gasteiger partial charge in [0.05, 0.1) is 0 Å². The maximum atomic E-state index is 10.9. The summed E-state index contributed by atoms with van der Waals surface area (Å²) in [6, 6.07) is 2.22. The minimum Gasteiger partial charge on any atom is -0.506 e. The molecular weight excluding hydrogens is 216 g/mol. The molecule has 13 heavy (non-hydrogen) atoms. The van der Waals surface area contributed by atoms with Gasteiger partial charge in [-0.15, -0.1) is 0 Å². The van der Waals surface area contributed by atoms with Gasteiger partial charge in [0.25, 0.3) is 0 Å². The van der Waals surface area contributed by atoms with E-state index in [1.807, 2.05) is 0 Å². The molecule has 1 aromatic carbocycles. The van der Waals surface area contributed by atoms with Crippen molar-refractivity contribution in [3.8, 4) is 5.75 Å². The fourth-order valence-corrected chi connectivity index (χ4v) is 1.90. The number of nitrogens with two attached hydrogens (primary N) is 2. The SMILES string of the molecule is Nc1cc(O)c(Cl)c(S(N)(=O)=O)c1. The molecular formula is C6H7ClN2O3S. The van der Waals surface area contributed by atoms with E-state index in [0.717, 1.165) is 12.1 Å². The predicted molar refractivity (Wildman–Crippen MR) is 48.9 cm³/mol. The van der Waals surface area contributed by atoms with Gasteiger partial charge in [0.15, 0.2) is 0 Å². The zero-order valence-electron chi connectivity index (χ0n) is 6.36.